The van der Waals surface area contributed by atoms with E-state index in [0.717, 1.165) is 31.6 Å². The van der Waals surface area contributed by atoms with Gasteiger partial charge >= 0.3 is 0 Å². The van der Waals surface area contributed by atoms with Gasteiger partial charge in [0.15, 0.2) is 0 Å². The van der Waals surface area contributed by atoms with Crippen LogP contribution in [0.25, 0.3) is 0 Å². The number of anilines is 1. The first-order chi connectivity index (χ1) is 9.28. The predicted octanol–water partition coefficient (Wildman–Crippen LogP) is 2.13. The molecule has 1 aromatic heterocycles. The highest BCUT2D eigenvalue weighted by atomic mass is 16.5. The maximum Gasteiger partial charge on any atom is 0.226 e. The van der Waals surface area contributed by atoms with Gasteiger partial charge in [0.2, 0.25) is 11.8 Å². The molecule has 5 heteroatoms. The van der Waals surface area contributed by atoms with Gasteiger partial charge in [-0.2, -0.15) is 4.98 Å². The van der Waals surface area contributed by atoms with Crippen LogP contribution in [0.5, 0.6) is 5.88 Å². The molecule has 106 valence electrons. The molecule has 1 fully saturated rings. The number of aromatic nitrogens is 2. The van der Waals surface area contributed by atoms with Crippen LogP contribution in [-0.2, 0) is 0 Å². The molecule has 5 nitrogen and oxygen atoms in total. The molecular formula is C14H24N4O. The van der Waals surface area contributed by atoms with Crippen molar-refractivity contribution in [3.63, 3.8) is 0 Å². The molecule has 0 bridgehead atoms. The standard InChI is InChI=1S/C14H24N4O/c1-3-9-19-13-10-11(2)17-14(18-13)16-8-6-12-5-4-7-15-12/h10,12,15H,3-9H2,1-2H3,(H,16,17,18). The maximum atomic E-state index is 5.55. The highest BCUT2D eigenvalue weighted by Crippen LogP contribution is 2.13. The fraction of sp³-hybridized carbons (Fsp3) is 0.714. The molecule has 0 saturated carbocycles. The minimum atomic E-state index is 0.646. The van der Waals surface area contributed by atoms with Crippen LogP contribution in [0, 0.1) is 6.92 Å². The lowest BCUT2D eigenvalue weighted by molar-refractivity contribution is 0.305. The third-order valence-electron chi connectivity index (χ3n) is 3.22. The summed E-state index contributed by atoms with van der Waals surface area (Å²) in [6, 6.07) is 2.52. The monoisotopic (exact) mass is 264 g/mol. The zero-order valence-electron chi connectivity index (χ0n) is 11.9. The summed E-state index contributed by atoms with van der Waals surface area (Å²) in [5, 5.41) is 6.77. The smallest absolute Gasteiger partial charge is 0.226 e. The third kappa shape index (κ3) is 4.67. The first-order valence-corrected chi connectivity index (χ1v) is 7.23. The van der Waals surface area contributed by atoms with Crippen molar-refractivity contribution in [3.05, 3.63) is 11.8 Å². The Morgan fingerprint density at radius 2 is 2.37 bits per heavy atom. The normalized spacial score (nSPS) is 18.5. The molecule has 2 N–H and O–H groups in total. The Morgan fingerprint density at radius 1 is 1.47 bits per heavy atom. The van der Waals surface area contributed by atoms with Gasteiger partial charge in [0.05, 0.1) is 6.61 Å². The van der Waals surface area contributed by atoms with Crippen molar-refractivity contribution in [2.75, 3.05) is 25.0 Å². The zero-order valence-corrected chi connectivity index (χ0v) is 11.9. The van der Waals surface area contributed by atoms with Crippen molar-refractivity contribution in [2.45, 2.75) is 45.6 Å². The second kappa shape index (κ2) is 7.28. The molecule has 0 aromatic carbocycles. The van der Waals surface area contributed by atoms with Crippen molar-refractivity contribution in [2.24, 2.45) is 0 Å². The van der Waals surface area contributed by atoms with E-state index in [0.29, 0.717) is 24.5 Å². The molecule has 1 aromatic rings. The molecule has 1 aliphatic rings. The summed E-state index contributed by atoms with van der Waals surface area (Å²) in [7, 11) is 0. The van der Waals surface area contributed by atoms with Gasteiger partial charge in [-0.1, -0.05) is 6.92 Å². The summed E-state index contributed by atoms with van der Waals surface area (Å²) in [5.74, 6) is 1.33. The fourth-order valence-electron chi connectivity index (χ4n) is 2.26. The topological polar surface area (TPSA) is 59.1 Å². The van der Waals surface area contributed by atoms with Crippen LogP contribution in [0.4, 0.5) is 5.95 Å². The van der Waals surface area contributed by atoms with Gasteiger partial charge in [0.25, 0.3) is 0 Å². The summed E-state index contributed by atoms with van der Waals surface area (Å²) in [5.41, 5.74) is 0.933. The SMILES string of the molecule is CCCOc1cc(C)nc(NCCC2CCCN2)n1. The summed E-state index contributed by atoms with van der Waals surface area (Å²) >= 11 is 0. The van der Waals surface area contributed by atoms with Crippen LogP contribution in [0.2, 0.25) is 0 Å². The average Bonchev–Trinajstić information content (AvgIpc) is 2.89. The van der Waals surface area contributed by atoms with Gasteiger partial charge < -0.3 is 15.4 Å². The Hall–Kier alpha value is -1.36. The highest BCUT2D eigenvalue weighted by molar-refractivity contribution is 5.30. The van der Waals surface area contributed by atoms with Crippen molar-refractivity contribution < 1.29 is 4.74 Å². The molecule has 0 amide bonds. The lowest BCUT2D eigenvalue weighted by atomic mass is 10.1. The first-order valence-electron chi connectivity index (χ1n) is 7.23. The summed E-state index contributed by atoms with van der Waals surface area (Å²) in [6.07, 6.45) is 4.67. The lowest BCUT2D eigenvalue weighted by Gasteiger charge is -2.12. The van der Waals surface area contributed by atoms with Gasteiger partial charge in [0, 0.05) is 24.3 Å². The van der Waals surface area contributed by atoms with Crippen LogP contribution in [0.3, 0.4) is 0 Å². The molecular weight excluding hydrogens is 240 g/mol. The first kappa shape index (κ1) is 14.1. The summed E-state index contributed by atoms with van der Waals surface area (Å²) in [4.78, 5) is 8.75. The Balaban J connectivity index is 1.82. The number of rotatable bonds is 7. The molecule has 2 heterocycles. The second-order valence-corrected chi connectivity index (χ2v) is 5.03. The largest absolute Gasteiger partial charge is 0.478 e. The Morgan fingerprint density at radius 3 is 3.11 bits per heavy atom. The molecule has 1 atom stereocenters. The number of aryl methyl sites for hydroxylation is 1. The van der Waals surface area contributed by atoms with Crippen molar-refractivity contribution in [1.29, 1.82) is 0 Å². The molecule has 1 aliphatic heterocycles. The van der Waals surface area contributed by atoms with Gasteiger partial charge in [-0.3, -0.25) is 0 Å². The molecule has 2 rings (SSSR count). The summed E-state index contributed by atoms with van der Waals surface area (Å²) < 4.78 is 5.55. The predicted molar refractivity (Wildman–Crippen MR) is 76.7 cm³/mol. The number of ether oxygens (including phenoxy) is 1. The zero-order chi connectivity index (χ0) is 13.5. The number of nitrogens with zero attached hydrogens (tertiary/aromatic N) is 2. The van der Waals surface area contributed by atoms with Gasteiger partial charge in [-0.25, -0.2) is 4.98 Å². The van der Waals surface area contributed by atoms with Crippen molar-refractivity contribution in [3.8, 4) is 5.88 Å². The van der Waals surface area contributed by atoms with E-state index in [1.165, 1.54) is 12.8 Å². The third-order valence-corrected chi connectivity index (χ3v) is 3.22. The van der Waals surface area contributed by atoms with Crippen LogP contribution < -0.4 is 15.4 Å². The van der Waals surface area contributed by atoms with Gasteiger partial charge in [-0.15, -0.1) is 0 Å². The summed E-state index contributed by atoms with van der Waals surface area (Å²) in [6.45, 7) is 6.79. The fourth-order valence-corrected chi connectivity index (χ4v) is 2.26. The van der Waals surface area contributed by atoms with E-state index >= 15 is 0 Å². The van der Waals surface area contributed by atoms with Crippen LogP contribution >= 0.6 is 0 Å². The number of nitrogens with one attached hydrogen (secondary N) is 2. The minimum Gasteiger partial charge on any atom is -0.478 e. The molecule has 1 saturated heterocycles. The highest BCUT2D eigenvalue weighted by Gasteiger charge is 2.13. The molecule has 0 aliphatic carbocycles. The van der Waals surface area contributed by atoms with E-state index in [1.54, 1.807) is 0 Å². The van der Waals surface area contributed by atoms with Crippen LogP contribution in [0.15, 0.2) is 6.07 Å². The quantitative estimate of drug-likeness (QED) is 0.790. The Kier molecular flexibility index (Phi) is 5.39. The maximum absolute atomic E-state index is 5.55. The van der Waals surface area contributed by atoms with Crippen LogP contribution in [0.1, 0.15) is 38.3 Å². The Bertz CT molecular complexity index is 391. The molecule has 0 spiro atoms. The average molecular weight is 264 g/mol. The molecule has 19 heavy (non-hydrogen) atoms. The molecule has 0 radical (unpaired) electrons. The van der Waals surface area contributed by atoms with E-state index in [1.807, 2.05) is 13.0 Å². The van der Waals surface area contributed by atoms with Gasteiger partial charge in [-0.05, 0) is 39.2 Å². The van der Waals surface area contributed by atoms with Crippen molar-refractivity contribution in [1.82, 2.24) is 15.3 Å². The Labute approximate surface area is 115 Å². The van der Waals surface area contributed by atoms with E-state index in [2.05, 4.69) is 27.5 Å². The van der Waals surface area contributed by atoms with E-state index in [9.17, 15) is 0 Å². The van der Waals surface area contributed by atoms with E-state index in [4.69, 9.17) is 4.74 Å². The second-order valence-electron chi connectivity index (χ2n) is 5.03. The minimum absolute atomic E-state index is 0.646. The van der Waals surface area contributed by atoms with Crippen molar-refractivity contribution >= 4 is 5.95 Å². The number of hydrogen-bond donors (Lipinski definition) is 2. The van der Waals surface area contributed by atoms with E-state index in [-0.39, 0.29) is 0 Å². The lowest BCUT2D eigenvalue weighted by Crippen LogP contribution is -2.24. The van der Waals surface area contributed by atoms with Gasteiger partial charge in [0.1, 0.15) is 0 Å². The van der Waals surface area contributed by atoms with E-state index < -0.39 is 0 Å². The molecule has 1 unspecified atom stereocenters. The van der Waals surface area contributed by atoms with Crippen LogP contribution in [-0.4, -0.2) is 35.7 Å². The number of hydrogen-bond acceptors (Lipinski definition) is 5.